The predicted molar refractivity (Wildman–Crippen MR) is 79.8 cm³/mol. The van der Waals surface area contributed by atoms with Crippen molar-refractivity contribution in [2.45, 2.75) is 49.2 Å². The van der Waals surface area contributed by atoms with Gasteiger partial charge in [0.25, 0.3) is 0 Å². The van der Waals surface area contributed by atoms with E-state index in [9.17, 15) is 13.2 Å². The van der Waals surface area contributed by atoms with E-state index >= 15 is 0 Å². The second kappa shape index (κ2) is 5.49. The van der Waals surface area contributed by atoms with Crippen LogP contribution in [0, 0.1) is 0 Å². The molecule has 7 nitrogen and oxygen atoms in total. The van der Waals surface area contributed by atoms with Gasteiger partial charge in [0.05, 0.1) is 18.1 Å². The molecule has 0 spiro atoms. The highest BCUT2D eigenvalue weighted by molar-refractivity contribution is 7.93. The number of hydrogen-bond donors (Lipinski definition) is 1. The molecule has 2 saturated carbocycles. The number of methoxy groups -OCH3 is 1. The van der Waals surface area contributed by atoms with Gasteiger partial charge in [-0.15, -0.1) is 0 Å². The molecule has 8 heteroatoms. The minimum Gasteiger partial charge on any atom is -0.468 e. The van der Waals surface area contributed by atoms with E-state index in [0.717, 1.165) is 12.8 Å². The lowest BCUT2D eigenvalue weighted by Gasteiger charge is -2.25. The zero-order chi connectivity index (χ0) is 15.8. The highest BCUT2D eigenvalue weighted by Gasteiger charge is 2.45. The summed E-state index contributed by atoms with van der Waals surface area (Å²) >= 11 is 0. The van der Waals surface area contributed by atoms with Gasteiger partial charge in [-0.25, -0.2) is 18.4 Å². The molecule has 0 aliphatic heterocycles. The Balaban J connectivity index is 1.91. The van der Waals surface area contributed by atoms with Crippen molar-refractivity contribution in [1.82, 2.24) is 9.97 Å². The molecule has 120 valence electrons. The number of nitrogens with zero attached hydrogens (tertiary/aromatic N) is 2. The Morgan fingerprint density at radius 3 is 2.64 bits per heavy atom. The molecule has 0 unspecified atom stereocenters. The summed E-state index contributed by atoms with van der Waals surface area (Å²) in [7, 11) is -2.06. The minimum absolute atomic E-state index is 0.0274. The zero-order valence-electron chi connectivity index (χ0n) is 12.4. The van der Waals surface area contributed by atoms with Crippen molar-refractivity contribution in [3.8, 4) is 0 Å². The van der Waals surface area contributed by atoms with Crippen molar-refractivity contribution in [3.05, 3.63) is 18.0 Å². The van der Waals surface area contributed by atoms with Gasteiger partial charge in [-0.1, -0.05) is 12.8 Å². The number of esters is 1. The Bertz CT molecular complexity index is 679. The van der Waals surface area contributed by atoms with Crippen LogP contribution in [0.2, 0.25) is 0 Å². The fourth-order valence-electron chi connectivity index (χ4n) is 3.00. The van der Waals surface area contributed by atoms with Crippen molar-refractivity contribution in [2.75, 3.05) is 11.8 Å². The topological polar surface area (TPSA) is 98.2 Å². The van der Waals surface area contributed by atoms with Gasteiger partial charge in [0.2, 0.25) is 16.0 Å². The highest BCUT2D eigenvalue weighted by Crippen LogP contribution is 2.41. The third kappa shape index (κ3) is 2.67. The molecule has 0 amide bonds. The Hall–Kier alpha value is -1.70. The molecule has 0 bridgehead atoms. The molecule has 0 atom stereocenters. The van der Waals surface area contributed by atoms with E-state index in [1.165, 1.54) is 13.3 Å². The number of nitrogens with one attached hydrogen (secondary N) is 1. The molecule has 1 heterocycles. The molecule has 0 radical (unpaired) electrons. The molecule has 1 aromatic rings. The fourth-order valence-corrected chi connectivity index (χ4v) is 4.28. The smallest absolute Gasteiger partial charge is 0.317 e. The second-order valence-corrected chi connectivity index (χ2v) is 7.85. The predicted octanol–water partition coefficient (Wildman–Crippen LogP) is 1.37. The summed E-state index contributed by atoms with van der Waals surface area (Å²) in [5, 5.41) is -0.346. The maximum atomic E-state index is 12.2. The first kappa shape index (κ1) is 15.2. The molecule has 22 heavy (non-hydrogen) atoms. The van der Waals surface area contributed by atoms with E-state index in [0.29, 0.717) is 31.4 Å². The average molecular weight is 325 g/mol. The van der Waals surface area contributed by atoms with E-state index in [4.69, 9.17) is 4.74 Å². The Kier molecular flexibility index (Phi) is 3.80. The van der Waals surface area contributed by atoms with Gasteiger partial charge in [0, 0.05) is 6.20 Å². The third-order valence-corrected chi connectivity index (χ3v) is 6.19. The number of ether oxygens (including phenoxy) is 1. The van der Waals surface area contributed by atoms with Crippen molar-refractivity contribution >= 4 is 21.9 Å². The first-order valence-corrected chi connectivity index (χ1v) is 8.96. The average Bonchev–Trinajstić information content (AvgIpc) is 3.25. The second-order valence-electron chi connectivity index (χ2n) is 5.89. The summed E-state index contributed by atoms with van der Waals surface area (Å²) in [6, 6.07) is 1.66. The van der Waals surface area contributed by atoms with E-state index < -0.39 is 15.4 Å². The molecule has 3 rings (SSSR count). The Labute approximate surface area is 129 Å². The van der Waals surface area contributed by atoms with Gasteiger partial charge < -0.3 is 4.74 Å². The van der Waals surface area contributed by atoms with Gasteiger partial charge in [-0.05, 0) is 31.7 Å². The van der Waals surface area contributed by atoms with Gasteiger partial charge in [0.15, 0.2) is 0 Å². The van der Waals surface area contributed by atoms with Crippen molar-refractivity contribution in [1.29, 1.82) is 0 Å². The molecule has 0 aromatic carbocycles. The summed E-state index contributed by atoms with van der Waals surface area (Å²) in [4.78, 5) is 20.5. The van der Waals surface area contributed by atoms with Crippen LogP contribution in [0.1, 0.15) is 44.2 Å². The quantitative estimate of drug-likeness (QED) is 0.821. The van der Waals surface area contributed by atoms with E-state index in [-0.39, 0.29) is 17.2 Å². The molecular formula is C14H19N3O4S. The lowest BCUT2D eigenvalue weighted by molar-refractivity contribution is -0.147. The van der Waals surface area contributed by atoms with Crippen LogP contribution in [0.25, 0.3) is 0 Å². The largest absolute Gasteiger partial charge is 0.468 e. The van der Waals surface area contributed by atoms with Crippen LogP contribution >= 0.6 is 0 Å². The first-order chi connectivity index (χ1) is 10.5. The van der Waals surface area contributed by atoms with E-state index in [2.05, 4.69) is 14.7 Å². The SMILES string of the molecule is COC(=O)C1(c2ccnc(NS(=O)(=O)C3CC3)n2)CCCC1. The normalized spacial score (nSPS) is 20.6. The van der Waals surface area contributed by atoms with Gasteiger partial charge in [0.1, 0.15) is 5.41 Å². The van der Waals surface area contributed by atoms with Crippen LogP contribution in [-0.2, 0) is 25.0 Å². The number of anilines is 1. The third-order valence-electron chi connectivity index (χ3n) is 4.38. The maximum Gasteiger partial charge on any atom is 0.317 e. The lowest BCUT2D eigenvalue weighted by Crippen LogP contribution is -2.35. The van der Waals surface area contributed by atoms with Crippen LogP contribution in [0.15, 0.2) is 12.3 Å². The molecule has 2 aliphatic carbocycles. The van der Waals surface area contributed by atoms with Crippen molar-refractivity contribution in [2.24, 2.45) is 0 Å². The first-order valence-electron chi connectivity index (χ1n) is 7.41. The standard InChI is InChI=1S/C14H19N3O4S/c1-21-12(18)14(7-2-3-8-14)11-6-9-15-13(16-11)17-22(19,20)10-4-5-10/h6,9-10H,2-5,7-8H2,1H3,(H,15,16,17). The summed E-state index contributed by atoms with van der Waals surface area (Å²) in [6.07, 6.45) is 5.97. The number of carbonyl (C=O) groups excluding carboxylic acids is 1. The molecule has 1 aromatic heterocycles. The Morgan fingerprint density at radius 1 is 1.36 bits per heavy atom. The van der Waals surface area contributed by atoms with Crippen LogP contribution in [-0.4, -0.2) is 36.7 Å². The molecule has 2 aliphatic rings. The summed E-state index contributed by atoms with van der Waals surface area (Å²) < 4.78 is 31.3. The number of hydrogen-bond acceptors (Lipinski definition) is 6. The van der Waals surface area contributed by atoms with E-state index in [1.54, 1.807) is 6.07 Å². The number of carbonyl (C=O) groups is 1. The van der Waals surface area contributed by atoms with E-state index in [1.807, 2.05) is 0 Å². The summed E-state index contributed by atoms with van der Waals surface area (Å²) in [6.45, 7) is 0. The van der Waals surface area contributed by atoms with Crippen LogP contribution in [0.5, 0.6) is 0 Å². The van der Waals surface area contributed by atoms with Gasteiger partial charge in [-0.2, -0.15) is 0 Å². The van der Waals surface area contributed by atoms with Crippen LogP contribution < -0.4 is 4.72 Å². The minimum atomic E-state index is -3.42. The molecule has 1 N–H and O–H groups in total. The molecular weight excluding hydrogens is 306 g/mol. The summed E-state index contributed by atoms with van der Waals surface area (Å²) in [5.74, 6) is -0.292. The van der Waals surface area contributed by atoms with Crippen molar-refractivity contribution < 1.29 is 17.9 Å². The molecule has 2 fully saturated rings. The van der Waals surface area contributed by atoms with Crippen LogP contribution in [0.3, 0.4) is 0 Å². The lowest BCUT2D eigenvalue weighted by atomic mass is 9.82. The summed E-state index contributed by atoms with van der Waals surface area (Å²) in [5.41, 5.74) is -0.252. The maximum absolute atomic E-state index is 12.2. The van der Waals surface area contributed by atoms with Gasteiger partial charge >= 0.3 is 5.97 Å². The number of sulfonamides is 1. The van der Waals surface area contributed by atoms with Crippen LogP contribution in [0.4, 0.5) is 5.95 Å². The van der Waals surface area contributed by atoms with Gasteiger partial charge in [-0.3, -0.25) is 9.52 Å². The zero-order valence-corrected chi connectivity index (χ0v) is 13.2. The number of rotatable bonds is 5. The van der Waals surface area contributed by atoms with Crippen molar-refractivity contribution in [3.63, 3.8) is 0 Å². The Morgan fingerprint density at radius 2 is 2.05 bits per heavy atom. The highest BCUT2D eigenvalue weighted by atomic mass is 32.2. The monoisotopic (exact) mass is 325 g/mol. The fraction of sp³-hybridized carbons (Fsp3) is 0.643. The molecule has 0 saturated heterocycles. The number of aromatic nitrogens is 2.